The SMILES string of the molecule is CC1(C(=O)NCc2ccccc2)CN(S(C)(=O)=O)CC(=O)N1Cc1ccccc1F. The molecule has 2 aromatic rings. The van der Waals surface area contributed by atoms with E-state index in [1.807, 2.05) is 30.3 Å². The Labute approximate surface area is 175 Å². The third kappa shape index (κ3) is 4.68. The van der Waals surface area contributed by atoms with Crippen LogP contribution in [0.25, 0.3) is 0 Å². The molecule has 1 atom stereocenters. The Balaban J connectivity index is 1.91. The predicted octanol–water partition coefficient (Wildman–Crippen LogP) is 1.50. The highest BCUT2D eigenvalue weighted by atomic mass is 32.2. The first-order valence-corrected chi connectivity index (χ1v) is 11.3. The van der Waals surface area contributed by atoms with Gasteiger partial charge in [-0.3, -0.25) is 9.59 Å². The highest BCUT2D eigenvalue weighted by Crippen LogP contribution is 2.27. The van der Waals surface area contributed by atoms with Gasteiger partial charge in [0.25, 0.3) is 0 Å². The van der Waals surface area contributed by atoms with Gasteiger partial charge in [0.05, 0.1) is 12.8 Å². The average molecular weight is 434 g/mol. The Morgan fingerprint density at radius 1 is 1.13 bits per heavy atom. The molecule has 7 nitrogen and oxygen atoms in total. The number of carbonyl (C=O) groups is 2. The number of carbonyl (C=O) groups excluding carboxylic acids is 2. The van der Waals surface area contributed by atoms with E-state index in [-0.39, 0.29) is 25.2 Å². The van der Waals surface area contributed by atoms with E-state index in [9.17, 15) is 22.4 Å². The number of sulfonamides is 1. The van der Waals surface area contributed by atoms with Crippen LogP contribution in [0.4, 0.5) is 4.39 Å². The number of piperazine rings is 1. The fraction of sp³-hybridized carbons (Fsp3) is 0.333. The van der Waals surface area contributed by atoms with Crippen molar-refractivity contribution in [1.29, 1.82) is 0 Å². The number of nitrogens with zero attached hydrogens (tertiary/aromatic N) is 2. The molecule has 160 valence electrons. The van der Waals surface area contributed by atoms with Crippen LogP contribution < -0.4 is 5.32 Å². The first-order chi connectivity index (χ1) is 14.1. The van der Waals surface area contributed by atoms with E-state index in [4.69, 9.17) is 0 Å². The summed E-state index contributed by atoms with van der Waals surface area (Å²) < 4.78 is 39.4. The molecule has 1 unspecified atom stereocenters. The minimum absolute atomic E-state index is 0.141. The molecule has 1 aliphatic rings. The number of amides is 2. The van der Waals surface area contributed by atoms with Crippen molar-refractivity contribution in [3.05, 3.63) is 71.5 Å². The van der Waals surface area contributed by atoms with Gasteiger partial charge < -0.3 is 10.2 Å². The topological polar surface area (TPSA) is 86.8 Å². The maximum Gasteiger partial charge on any atom is 0.247 e. The van der Waals surface area contributed by atoms with E-state index in [1.54, 1.807) is 6.07 Å². The van der Waals surface area contributed by atoms with Crippen molar-refractivity contribution < 1.29 is 22.4 Å². The van der Waals surface area contributed by atoms with Crippen LogP contribution in [0, 0.1) is 5.82 Å². The molecule has 2 aromatic carbocycles. The van der Waals surface area contributed by atoms with Gasteiger partial charge in [0, 0.05) is 25.2 Å². The van der Waals surface area contributed by atoms with Crippen LogP contribution in [-0.2, 0) is 32.7 Å². The second-order valence-corrected chi connectivity index (χ2v) is 9.53. The molecule has 3 rings (SSSR count). The first-order valence-electron chi connectivity index (χ1n) is 9.42. The lowest BCUT2D eigenvalue weighted by atomic mass is 9.94. The standard InChI is InChI=1S/C21H24FN3O4S/c1-21(20(27)23-12-16-8-4-3-5-9-16)15-24(30(2,28)29)14-19(26)25(21)13-17-10-6-7-11-18(17)22/h3-11H,12-15H2,1-2H3,(H,23,27). The number of rotatable bonds is 6. The van der Waals surface area contributed by atoms with Crippen molar-refractivity contribution >= 4 is 21.8 Å². The van der Waals surface area contributed by atoms with Crippen LogP contribution in [0.2, 0.25) is 0 Å². The van der Waals surface area contributed by atoms with Gasteiger partial charge in [-0.15, -0.1) is 0 Å². The maximum absolute atomic E-state index is 14.2. The molecule has 0 aromatic heterocycles. The lowest BCUT2D eigenvalue weighted by molar-refractivity contribution is -0.153. The molecule has 30 heavy (non-hydrogen) atoms. The quantitative estimate of drug-likeness (QED) is 0.748. The third-order valence-electron chi connectivity index (χ3n) is 5.23. The van der Waals surface area contributed by atoms with E-state index in [1.165, 1.54) is 30.0 Å². The van der Waals surface area contributed by atoms with Crippen molar-refractivity contribution in [1.82, 2.24) is 14.5 Å². The van der Waals surface area contributed by atoms with Gasteiger partial charge in [0.1, 0.15) is 11.4 Å². The van der Waals surface area contributed by atoms with Crippen LogP contribution >= 0.6 is 0 Å². The van der Waals surface area contributed by atoms with Crippen LogP contribution in [0.5, 0.6) is 0 Å². The van der Waals surface area contributed by atoms with E-state index < -0.39 is 39.7 Å². The van der Waals surface area contributed by atoms with Crippen molar-refractivity contribution in [2.24, 2.45) is 0 Å². The molecule has 1 heterocycles. The number of nitrogens with one attached hydrogen (secondary N) is 1. The summed E-state index contributed by atoms with van der Waals surface area (Å²) in [6.07, 6.45) is 0.995. The zero-order valence-corrected chi connectivity index (χ0v) is 17.7. The number of halogens is 1. The highest BCUT2D eigenvalue weighted by molar-refractivity contribution is 7.88. The summed E-state index contributed by atoms with van der Waals surface area (Å²) >= 11 is 0. The van der Waals surface area contributed by atoms with E-state index in [2.05, 4.69) is 5.32 Å². The lowest BCUT2D eigenvalue weighted by Gasteiger charge is -2.46. The lowest BCUT2D eigenvalue weighted by Crippen LogP contribution is -2.69. The molecule has 9 heteroatoms. The second kappa shape index (κ2) is 8.53. The molecule has 0 aliphatic carbocycles. The Bertz CT molecular complexity index is 1050. The summed E-state index contributed by atoms with van der Waals surface area (Å²) in [5.41, 5.74) is -0.395. The summed E-state index contributed by atoms with van der Waals surface area (Å²) in [6.45, 7) is 0.971. The summed E-state index contributed by atoms with van der Waals surface area (Å²) in [6, 6.07) is 15.2. The van der Waals surface area contributed by atoms with E-state index in [0.717, 1.165) is 16.1 Å². The fourth-order valence-electron chi connectivity index (χ4n) is 3.45. The fourth-order valence-corrected chi connectivity index (χ4v) is 4.28. The monoisotopic (exact) mass is 433 g/mol. The second-order valence-electron chi connectivity index (χ2n) is 7.54. The maximum atomic E-state index is 14.2. The Morgan fingerprint density at radius 2 is 1.77 bits per heavy atom. The van der Waals surface area contributed by atoms with Crippen LogP contribution in [-0.4, -0.2) is 54.3 Å². The summed E-state index contributed by atoms with van der Waals surface area (Å²) in [4.78, 5) is 27.3. The smallest absolute Gasteiger partial charge is 0.247 e. The Morgan fingerprint density at radius 3 is 2.40 bits per heavy atom. The Hall–Kier alpha value is -2.78. The van der Waals surface area contributed by atoms with Crippen molar-refractivity contribution in [2.45, 2.75) is 25.6 Å². The molecule has 1 saturated heterocycles. The van der Waals surface area contributed by atoms with Crippen molar-refractivity contribution in [3.8, 4) is 0 Å². The molecule has 0 radical (unpaired) electrons. The molecule has 1 fully saturated rings. The van der Waals surface area contributed by atoms with Gasteiger partial charge in [-0.25, -0.2) is 12.8 Å². The largest absolute Gasteiger partial charge is 0.350 e. The molecular weight excluding hydrogens is 409 g/mol. The van der Waals surface area contributed by atoms with E-state index in [0.29, 0.717) is 0 Å². The summed E-state index contributed by atoms with van der Waals surface area (Å²) in [5, 5.41) is 2.78. The average Bonchev–Trinajstić information content (AvgIpc) is 2.70. The predicted molar refractivity (Wildman–Crippen MR) is 110 cm³/mol. The molecular formula is C21H24FN3O4S. The normalized spacial score (nSPS) is 20.2. The Kier molecular flexibility index (Phi) is 6.23. The van der Waals surface area contributed by atoms with Gasteiger partial charge >= 0.3 is 0 Å². The van der Waals surface area contributed by atoms with Crippen LogP contribution in [0.15, 0.2) is 54.6 Å². The van der Waals surface area contributed by atoms with Gasteiger partial charge in [-0.2, -0.15) is 4.31 Å². The van der Waals surface area contributed by atoms with Gasteiger partial charge in [-0.05, 0) is 18.6 Å². The molecule has 1 N–H and O–H groups in total. The van der Waals surface area contributed by atoms with Gasteiger partial charge in [0.2, 0.25) is 21.8 Å². The van der Waals surface area contributed by atoms with Gasteiger partial charge in [-0.1, -0.05) is 48.5 Å². The third-order valence-corrected chi connectivity index (χ3v) is 6.43. The minimum atomic E-state index is -3.70. The van der Waals surface area contributed by atoms with Crippen LogP contribution in [0.3, 0.4) is 0 Å². The van der Waals surface area contributed by atoms with Crippen LogP contribution in [0.1, 0.15) is 18.1 Å². The van der Waals surface area contributed by atoms with Gasteiger partial charge in [0.15, 0.2) is 0 Å². The molecule has 0 bridgehead atoms. The molecule has 0 saturated carbocycles. The first kappa shape index (κ1) is 21.9. The molecule has 1 aliphatic heterocycles. The number of hydrogen-bond acceptors (Lipinski definition) is 4. The highest BCUT2D eigenvalue weighted by Gasteiger charge is 2.49. The van der Waals surface area contributed by atoms with Crippen molar-refractivity contribution in [3.63, 3.8) is 0 Å². The summed E-state index contributed by atoms with van der Waals surface area (Å²) in [7, 11) is -3.70. The summed E-state index contributed by atoms with van der Waals surface area (Å²) in [5.74, 6) is -1.57. The van der Waals surface area contributed by atoms with E-state index >= 15 is 0 Å². The number of hydrogen-bond donors (Lipinski definition) is 1. The molecule has 0 spiro atoms. The van der Waals surface area contributed by atoms with Crippen molar-refractivity contribution in [2.75, 3.05) is 19.3 Å². The number of benzene rings is 2. The zero-order valence-electron chi connectivity index (χ0n) is 16.8. The zero-order chi connectivity index (χ0) is 21.9. The molecule has 2 amide bonds. The minimum Gasteiger partial charge on any atom is -0.350 e.